The maximum Gasteiger partial charge on any atom is 0.213 e. The molecule has 3 heterocycles. The standard InChI is InChI=1S/C34H25N3O2/c1-21-13-15-23(16-14-21)30-20-31-27-10-4-5-12-32(27)38-34(37(31)35-30)24-17-18-29-28(19-24)33(39-36-29)26-11-6-8-22-7-2-3-9-25(22)26/h2-19,31,34H,20H2,1H3. The summed E-state index contributed by atoms with van der Waals surface area (Å²) in [7, 11) is 0. The van der Waals surface area contributed by atoms with E-state index in [1.807, 2.05) is 12.1 Å². The SMILES string of the molecule is Cc1ccc(C2=NN3C(C2)c2ccccc2OC3c2ccc3noc(-c4cccc5ccccc45)c3c2)cc1. The van der Waals surface area contributed by atoms with Crippen molar-refractivity contribution in [3.05, 3.63) is 131 Å². The molecule has 5 nitrogen and oxygen atoms in total. The van der Waals surface area contributed by atoms with Crippen molar-refractivity contribution in [1.29, 1.82) is 0 Å². The molecule has 5 aromatic carbocycles. The third kappa shape index (κ3) is 3.54. The second kappa shape index (κ2) is 8.57. The lowest BCUT2D eigenvalue weighted by Gasteiger charge is -2.38. The topological polar surface area (TPSA) is 50.9 Å². The van der Waals surface area contributed by atoms with Gasteiger partial charge in [0.25, 0.3) is 0 Å². The largest absolute Gasteiger partial charge is 0.464 e. The Kier molecular flexibility index (Phi) is 4.86. The number of aryl methyl sites for hydroxylation is 1. The molecule has 0 aliphatic carbocycles. The summed E-state index contributed by atoms with van der Waals surface area (Å²) in [5, 5.41) is 14.9. The number of aromatic nitrogens is 1. The van der Waals surface area contributed by atoms with Crippen LogP contribution >= 0.6 is 0 Å². The van der Waals surface area contributed by atoms with Crippen molar-refractivity contribution in [2.45, 2.75) is 25.6 Å². The molecule has 2 aliphatic heterocycles. The monoisotopic (exact) mass is 507 g/mol. The molecule has 1 aromatic heterocycles. The third-order valence-electron chi connectivity index (χ3n) is 7.90. The van der Waals surface area contributed by atoms with Crippen LogP contribution < -0.4 is 4.74 Å². The molecule has 2 aliphatic rings. The maximum atomic E-state index is 6.64. The average Bonchev–Trinajstić information content (AvgIpc) is 3.62. The van der Waals surface area contributed by atoms with E-state index < -0.39 is 0 Å². The summed E-state index contributed by atoms with van der Waals surface area (Å²) < 4.78 is 12.6. The van der Waals surface area contributed by atoms with Gasteiger partial charge in [0, 0.05) is 23.1 Å². The predicted molar refractivity (Wildman–Crippen MR) is 154 cm³/mol. The number of hydrazone groups is 1. The summed E-state index contributed by atoms with van der Waals surface area (Å²) in [4.78, 5) is 0. The van der Waals surface area contributed by atoms with E-state index in [-0.39, 0.29) is 12.3 Å². The van der Waals surface area contributed by atoms with E-state index in [1.54, 1.807) is 0 Å². The zero-order chi connectivity index (χ0) is 25.9. The Hall–Kier alpha value is -4.90. The molecule has 0 N–H and O–H groups in total. The molecule has 0 bridgehead atoms. The van der Waals surface area contributed by atoms with Crippen molar-refractivity contribution in [1.82, 2.24) is 10.2 Å². The predicted octanol–water partition coefficient (Wildman–Crippen LogP) is 8.20. The minimum atomic E-state index is -0.368. The molecule has 0 fully saturated rings. The van der Waals surface area contributed by atoms with Crippen LogP contribution in [0.25, 0.3) is 33.0 Å². The lowest BCUT2D eigenvalue weighted by atomic mass is 9.95. The zero-order valence-corrected chi connectivity index (χ0v) is 21.4. The Labute approximate surface area is 225 Å². The van der Waals surface area contributed by atoms with E-state index in [0.717, 1.165) is 56.6 Å². The molecule has 0 amide bonds. The Balaban J connectivity index is 1.26. The Morgan fingerprint density at radius 2 is 1.62 bits per heavy atom. The van der Waals surface area contributed by atoms with Crippen LogP contribution in [0.15, 0.2) is 119 Å². The minimum Gasteiger partial charge on any atom is -0.464 e. The van der Waals surface area contributed by atoms with Crippen LogP contribution in [0.4, 0.5) is 0 Å². The summed E-state index contributed by atoms with van der Waals surface area (Å²) in [5.74, 6) is 1.67. The van der Waals surface area contributed by atoms with Crippen LogP contribution in [-0.2, 0) is 0 Å². The quantitative estimate of drug-likeness (QED) is 0.242. The van der Waals surface area contributed by atoms with Gasteiger partial charge in [-0.3, -0.25) is 0 Å². The number of benzene rings is 5. The summed E-state index contributed by atoms with van der Waals surface area (Å²) in [6, 6.07) is 37.9. The first-order valence-corrected chi connectivity index (χ1v) is 13.3. The van der Waals surface area contributed by atoms with Crippen molar-refractivity contribution in [3.8, 4) is 17.1 Å². The van der Waals surface area contributed by atoms with E-state index in [9.17, 15) is 0 Å². The fourth-order valence-corrected chi connectivity index (χ4v) is 5.91. The highest BCUT2D eigenvalue weighted by molar-refractivity contribution is 6.03. The van der Waals surface area contributed by atoms with Crippen LogP contribution in [0.1, 0.15) is 40.9 Å². The fourth-order valence-electron chi connectivity index (χ4n) is 5.91. The second-order valence-electron chi connectivity index (χ2n) is 10.3. The first kappa shape index (κ1) is 22.1. The molecule has 8 rings (SSSR count). The van der Waals surface area contributed by atoms with Crippen molar-refractivity contribution >= 4 is 27.4 Å². The van der Waals surface area contributed by atoms with Gasteiger partial charge in [-0.2, -0.15) is 5.10 Å². The molecule has 0 spiro atoms. The number of para-hydroxylation sites is 1. The number of nitrogens with zero attached hydrogens (tertiary/aromatic N) is 3. The van der Waals surface area contributed by atoms with Gasteiger partial charge in [0.1, 0.15) is 11.3 Å². The molecule has 6 aromatic rings. The van der Waals surface area contributed by atoms with Gasteiger partial charge < -0.3 is 9.26 Å². The van der Waals surface area contributed by atoms with Gasteiger partial charge in [-0.1, -0.05) is 102 Å². The van der Waals surface area contributed by atoms with Crippen molar-refractivity contribution in [3.63, 3.8) is 0 Å². The molecular formula is C34H25N3O2. The molecule has 2 atom stereocenters. The van der Waals surface area contributed by atoms with Crippen LogP contribution in [0.5, 0.6) is 5.75 Å². The molecule has 0 saturated heterocycles. The van der Waals surface area contributed by atoms with Gasteiger partial charge in [-0.25, -0.2) is 5.01 Å². The number of hydrogen-bond acceptors (Lipinski definition) is 5. The van der Waals surface area contributed by atoms with Crippen LogP contribution in [0.3, 0.4) is 0 Å². The van der Waals surface area contributed by atoms with E-state index in [1.165, 1.54) is 16.5 Å². The van der Waals surface area contributed by atoms with E-state index >= 15 is 0 Å². The van der Waals surface area contributed by atoms with Crippen LogP contribution in [0.2, 0.25) is 0 Å². The van der Waals surface area contributed by atoms with E-state index in [2.05, 4.69) is 114 Å². The Morgan fingerprint density at radius 3 is 2.54 bits per heavy atom. The fraction of sp³-hybridized carbons (Fsp3) is 0.118. The lowest BCUT2D eigenvalue weighted by Crippen LogP contribution is -2.33. The average molecular weight is 508 g/mol. The van der Waals surface area contributed by atoms with Gasteiger partial charge in [-0.05, 0) is 41.5 Å². The summed E-state index contributed by atoms with van der Waals surface area (Å²) >= 11 is 0. The van der Waals surface area contributed by atoms with E-state index in [0.29, 0.717) is 0 Å². The summed E-state index contributed by atoms with van der Waals surface area (Å²) in [6.07, 6.45) is 0.462. The highest BCUT2D eigenvalue weighted by Crippen LogP contribution is 2.48. The molecule has 188 valence electrons. The summed E-state index contributed by atoms with van der Waals surface area (Å²) in [6.45, 7) is 2.11. The van der Waals surface area contributed by atoms with Gasteiger partial charge in [0.15, 0.2) is 5.76 Å². The highest BCUT2D eigenvalue weighted by Gasteiger charge is 2.41. The van der Waals surface area contributed by atoms with Gasteiger partial charge >= 0.3 is 0 Å². The van der Waals surface area contributed by atoms with Gasteiger partial charge in [0.2, 0.25) is 6.23 Å². The second-order valence-corrected chi connectivity index (χ2v) is 10.3. The summed E-state index contributed by atoms with van der Waals surface area (Å²) in [5.41, 5.74) is 7.50. The first-order chi connectivity index (χ1) is 19.2. The Bertz CT molecular complexity index is 1900. The number of hydrogen-bond donors (Lipinski definition) is 0. The van der Waals surface area contributed by atoms with E-state index in [4.69, 9.17) is 14.4 Å². The number of fused-ring (bicyclic) bond motifs is 5. The molecule has 0 radical (unpaired) electrons. The molecule has 39 heavy (non-hydrogen) atoms. The van der Waals surface area contributed by atoms with Gasteiger partial charge in [0.05, 0.1) is 17.1 Å². The van der Waals surface area contributed by atoms with Crippen molar-refractivity contribution in [2.24, 2.45) is 5.10 Å². The normalized spacial score (nSPS) is 18.1. The smallest absolute Gasteiger partial charge is 0.213 e. The van der Waals surface area contributed by atoms with Crippen LogP contribution in [0, 0.1) is 6.92 Å². The number of ether oxygens (including phenoxy) is 1. The molecule has 2 unspecified atom stereocenters. The van der Waals surface area contributed by atoms with Gasteiger partial charge in [-0.15, -0.1) is 0 Å². The number of rotatable bonds is 3. The highest BCUT2D eigenvalue weighted by atomic mass is 16.5. The van der Waals surface area contributed by atoms with Crippen molar-refractivity contribution in [2.75, 3.05) is 0 Å². The first-order valence-electron chi connectivity index (χ1n) is 13.3. The third-order valence-corrected chi connectivity index (χ3v) is 7.90. The minimum absolute atomic E-state index is 0.104. The Morgan fingerprint density at radius 1 is 0.795 bits per heavy atom. The maximum absolute atomic E-state index is 6.64. The zero-order valence-electron chi connectivity index (χ0n) is 21.4. The molecular weight excluding hydrogens is 482 g/mol. The van der Waals surface area contributed by atoms with Crippen LogP contribution in [-0.4, -0.2) is 15.9 Å². The molecule has 0 saturated carbocycles. The molecule has 5 heteroatoms. The lowest BCUT2D eigenvalue weighted by molar-refractivity contribution is -0.0189. The van der Waals surface area contributed by atoms with Crippen molar-refractivity contribution < 1.29 is 9.26 Å².